The van der Waals surface area contributed by atoms with Gasteiger partial charge in [0.1, 0.15) is 42.7 Å². The fraction of sp³-hybridized carbons (Fsp3) is 0.656. The van der Waals surface area contributed by atoms with Crippen molar-refractivity contribution < 1.29 is 105 Å². The third-order valence-electron chi connectivity index (χ3n) is 21.8. The molecular formula is C90H138ClN11O22. The highest BCUT2D eigenvalue weighted by Crippen LogP contribution is 2.27. The van der Waals surface area contributed by atoms with Crippen molar-refractivity contribution in [2.24, 2.45) is 41.2 Å². The summed E-state index contributed by atoms with van der Waals surface area (Å²) in [6, 6.07) is 6.92. The number of rotatable bonds is 47. The Bertz CT molecular complexity index is 3860. The molecule has 692 valence electrons. The van der Waals surface area contributed by atoms with Crippen molar-refractivity contribution in [3.8, 4) is 0 Å². The van der Waals surface area contributed by atoms with Gasteiger partial charge in [0.25, 0.3) is 5.91 Å². The number of nitrogens with one attached hydrogen (secondary N) is 7. The van der Waals surface area contributed by atoms with E-state index in [9.17, 15) is 67.1 Å². The van der Waals surface area contributed by atoms with E-state index in [0.717, 1.165) is 10.5 Å². The molecule has 0 aromatic heterocycles. The second-order valence-electron chi connectivity index (χ2n) is 33.0. The molecule has 9 N–H and O–H groups in total. The number of urea groups is 1. The van der Waals surface area contributed by atoms with E-state index in [1.165, 1.54) is 30.8 Å². The number of Topliss-reactive ketones (excluding diaryl/α,β-unsaturated/α-hetero) is 2. The molecule has 2 unspecified atom stereocenters. The highest BCUT2D eigenvalue weighted by molar-refractivity contribution is 6.30. The van der Waals surface area contributed by atoms with Gasteiger partial charge in [-0.15, -0.1) is 0 Å². The summed E-state index contributed by atoms with van der Waals surface area (Å²) >= 11 is 6.27. The number of likely N-dealkylation sites (N-methyl/N-ethyl adjacent to an activating group) is 2. The van der Waals surface area contributed by atoms with Crippen LogP contribution in [0.25, 0.3) is 0 Å². The predicted molar refractivity (Wildman–Crippen MR) is 466 cm³/mol. The lowest BCUT2D eigenvalue weighted by Crippen LogP contribution is -2.58. The van der Waals surface area contributed by atoms with E-state index in [0.29, 0.717) is 92.6 Å². The number of benzene rings is 2. The van der Waals surface area contributed by atoms with Crippen LogP contribution in [0.1, 0.15) is 210 Å². The molecular weight excluding hydrogens is 1620 g/mol. The van der Waals surface area contributed by atoms with Crippen LogP contribution in [0.5, 0.6) is 0 Å². The lowest BCUT2D eigenvalue weighted by molar-refractivity contribution is -0.154. The van der Waals surface area contributed by atoms with Crippen LogP contribution in [0.2, 0.25) is 5.02 Å². The highest BCUT2D eigenvalue weighted by Gasteiger charge is 2.39. The molecule has 2 aromatic rings. The number of esters is 2. The first-order chi connectivity index (χ1) is 58.9. The van der Waals surface area contributed by atoms with E-state index >= 15 is 4.79 Å². The molecule has 0 aliphatic carbocycles. The van der Waals surface area contributed by atoms with Gasteiger partial charge < -0.3 is 85.9 Å². The molecule has 12 amide bonds. The first-order valence-corrected chi connectivity index (χ1v) is 44.0. The smallest absolute Gasteiger partial charge is 0.407 e. The van der Waals surface area contributed by atoms with Crippen molar-refractivity contribution in [2.75, 3.05) is 98.4 Å². The van der Waals surface area contributed by atoms with Crippen LogP contribution in [-0.2, 0) is 109 Å². The van der Waals surface area contributed by atoms with Gasteiger partial charge in [-0.3, -0.25) is 57.6 Å². The molecule has 34 heteroatoms. The number of ether oxygens (including phenoxy) is 7. The molecule has 2 aliphatic rings. The number of unbranched alkanes of at least 4 members (excludes halogenated alkanes) is 4. The quantitative estimate of drug-likeness (QED) is 0.0101. The maximum Gasteiger partial charge on any atom is 0.407 e. The zero-order valence-corrected chi connectivity index (χ0v) is 75.9. The summed E-state index contributed by atoms with van der Waals surface area (Å²) in [5, 5.41) is 19.6. The van der Waals surface area contributed by atoms with Crippen molar-refractivity contribution in [1.29, 1.82) is 0 Å². The number of primary amides is 1. The topological polar surface area (TPSA) is 441 Å². The summed E-state index contributed by atoms with van der Waals surface area (Å²) in [6.45, 7) is 23.2. The summed E-state index contributed by atoms with van der Waals surface area (Å²) in [5.41, 5.74) is 7.90. The molecule has 1 fully saturated rings. The summed E-state index contributed by atoms with van der Waals surface area (Å²) < 4.78 is 39.7. The van der Waals surface area contributed by atoms with Gasteiger partial charge in [0.2, 0.25) is 47.3 Å². The minimum Gasteiger partial charge on any atom is -0.456 e. The van der Waals surface area contributed by atoms with Crippen LogP contribution >= 0.6 is 11.6 Å². The molecule has 4 rings (SSSR count). The van der Waals surface area contributed by atoms with E-state index in [4.69, 9.17) is 50.5 Å². The average Bonchev–Trinajstić information content (AvgIpc) is 1.55. The van der Waals surface area contributed by atoms with Crippen LogP contribution in [0, 0.1) is 35.5 Å². The minimum atomic E-state index is -1.33. The normalized spacial score (nSPS) is 20.9. The van der Waals surface area contributed by atoms with Gasteiger partial charge in [-0.05, 0) is 150 Å². The Morgan fingerprint density at radius 1 is 0.702 bits per heavy atom. The van der Waals surface area contributed by atoms with E-state index in [-0.39, 0.29) is 189 Å². The molecule has 0 saturated carbocycles. The molecule has 124 heavy (non-hydrogen) atoms. The van der Waals surface area contributed by atoms with Crippen LogP contribution in [0.3, 0.4) is 0 Å². The van der Waals surface area contributed by atoms with Gasteiger partial charge >= 0.3 is 24.1 Å². The van der Waals surface area contributed by atoms with Crippen LogP contribution in [-0.4, -0.2) is 239 Å². The van der Waals surface area contributed by atoms with Crippen LogP contribution < -0.4 is 43.0 Å². The molecule has 2 aromatic carbocycles. The fourth-order valence-corrected chi connectivity index (χ4v) is 14.0. The Morgan fingerprint density at radius 3 is 1.94 bits per heavy atom. The number of anilines is 1. The number of ketones is 2. The average molecular weight is 1760 g/mol. The number of imide groups is 1. The first kappa shape index (κ1) is 107. The number of nitrogens with zero attached hydrogens (tertiary/aromatic N) is 3. The maximum absolute atomic E-state index is 15.1. The second kappa shape index (κ2) is 57.7. The van der Waals surface area contributed by atoms with Crippen molar-refractivity contribution in [1.82, 2.24) is 46.6 Å². The lowest BCUT2D eigenvalue weighted by Gasteiger charge is -2.34. The SMILES string of the molecule is C/C=C(\C)[C@H]1OC(=O)[C@@H](C)NC(=O)[C@H]([C@H](C)CC)NC(=O)CN(C)C(=O)[C@@H](Cc2ccc(Cl)cc2)N(C)C(=O)[C@H](CCCCCC(=O)CCOCCOCCOCCOCCNC(=O)OCc2ccc(NC(=O)C(CCCNC(N)=O)CC(=O)[C@@H](NC(=O)CCCCCN3C(=O)CC(C)C3=O)C(C)C)cc2)NC(=O)[C@@H](CC(C)C)OC(=O)/C(C)=C/CC[C@@H]1C. The van der Waals surface area contributed by atoms with Gasteiger partial charge in [0.05, 0.1) is 65.4 Å². The largest absolute Gasteiger partial charge is 0.456 e. The maximum atomic E-state index is 15.1. The standard InChI is InChI=1S/C90H138ClN11O22/c1-15-59(7)79-83(110)95-64(12)88(115)124-80(60(8)16-2)61(9)25-23-26-62(10)87(114)123-74(51-57(3)4)82(109)97-71(85(112)101(14)72(53-65-31-35-68(91)36-32-65)86(113)100(13)55-76(106)99-79)29-20-17-19-28-70(103)39-43-118-45-47-120-49-50-121-48-46-119-44-41-94-90(117)122-56-66-33-37-69(38-34-66)96-81(108)67(27-24-40-93-89(92)116)54-73(104)78(58(5)6)98-75(105)30-21-18-22-42-102-77(107)52-63(11)84(102)111/h16,26,31-38,57-59,61,63-64,67,71-72,74,78-80H,15,17-25,27-30,39-56H2,1-14H3,(H,94,117)(H,95,110)(H,96,108)(H,97,109)(H,98,105)(H,99,106)(H3,92,93,116)/b60-16+,62-26+/t59-,61+,63?,64-,67?,71+,72-,74-,78+,79+,80-/m1/s1. The fourth-order valence-electron chi connectivity index (χ4n) is 13.9. The number of likely N-dealkylation sites (tertiary alicyclic amines) is 1. The van der Waals surface area contributed by atoms with Crippen LogP contribution in [0.15, 0.2) is 71.8 Å². The lowest BCUT2D eigenvalue weighted by atomic mass is 9.89. The van der Waals surface area contributed by atoms with Crippen molar-refractivity contribution in [3.63, 3.8) is 0 Å². The van der Waals surface area contributed by atoms with E-state index < -0.39 is 120 Å². The zero-order chi connectivity index (χ0) is 92.0. The van der Waals surface area contributed by atoms with E-state index in [1.54, 1.807) is 89.2 Å². The summed E-state index contributed by atoms with van der Waals surface area (Å²) in [5.74, 6) is -8.57. The zero-order valence-electron chi connectivity index (χ0n) is 75.2. The first-order valence-electron chi connectivity index (χ1n) is 43.6. The van der Waals surface area contributed by atoms with Crippen molar-refractivity contribution in [2.45, 2.75) is 254 Å². The second-order valence-corrected chi connectivity index (χ2v) is 33.4. The van der Waals surface area contributed by atoms with Gasteiger partial charge in [-0.2, -0.15) is 0 Å². The van der Waals surface area contributed by atoms with Crippen molar-refractivity contribution >= 4 is 106 Å². The van der Waals surface area contributed by atoms with Crippen LogP contribution in [0.4, 0.5) is 15.3 Å². The number of halogens is 1. The summed E-state index contributed by atoms with van der Waals surface area (Å²) in [6.07, 6.45) is 6.24. The molecule has 1 saturated heterocycles. The number of hydrogen-bond acceptors (Lipinski definition) is 22. The number of carbonyl (C=O) groups excluding carboxylic acids is 15. The Hall–Kier alpha value is -9.70. The summed E-state index contributed by atoms with van der Waals surface area (Å²) in [7, 11) is 2.83. The summed E-state index contributed by atoms with van der Waals surface area (Å²) in [4.78, 5) is 205. The number of hydrogen-bond donors (Lipinski definition) is 8. The van der Waals surface area contributed by atoms with Gasteiger partial charge in [0, 0.05) is 100 Å². The molecule has 0 bridgehead atoms. The van der Waals surface area contributed by atoms with E-state index in [2.05, 4.69) is 37.2 Å². The number of carbonyl (C=O) groups is 15. The van der Waals surface area contributed by atoms with Gasteiger partial charge in [0.15, 0.2) is 11.9 Å². The Morgan fingerprint density at radius 2 is 1.33 bits per heavy atom. The van der Waals surface area contributed by atoms with Gasteiger partial charge in [-0.1, -0.05) is 129 Å². The third kappa shape index (κ3) is 40.1. The number of allylic oxidation sites excluding steroid dienone is 2. The Labute approximate surface area is 736 Å². The predicted octanol–water partition coefficient (Wildman–Crippen LogP) is 8.86. The molecule has 0 radical (unpaired) electrons. The molecule has 0 spiro atoms. The Kier molecular flexibility index (Phi) is 49.7. The highest BCUT2D eigenvalue weighted by atomic mass is 35.5. The van der Waals surface area contributed by atoms with E-state index in [1.807, 2.05) is 47.6 Å². The molecule has 33 nitrogen and oxygen atoms in total. The number of cyclic esters (lactones) is 2. The minimum absolute atomic E-state index is 0.0435. The third-order valence-corrected chi connectivity index (χ3v) is 22.0. The van der Waals surface area contributed by atoms with Gasteiger partial charge in [-0.25, -0.2) is 19.2 Å². The number of nitrogens with two attached hydrogens (primary N) is 1. The molecule has 11 atom stereocenters. The number of amides is 12. The molecule has 2 aliphatic heterocycles. The van der Waals surface area contributed by atoms with Crippen molar-refractivity contribution in [3.05, 3.63) is 88.0 Å². The monoisotopic (exact) mass is 1760 g/mol. The molecule has 2 heterocycles. The number of alkyl carbamates (subject to hydrolysis) is 1. The Balaban J connectivity index is 1.21.